The highest BCUT2D eigenvalue weighted by Gasteiger charge is 2.25. The van der Waals surface area contributed by atoms with Crippen molar-refractivity contribution in [1.82, 2.24) is 4.90 Å². The Bertz CT molecular complexity index is 669. The highest BCUT2D eigenvalue weighted by atomic mass is 32.2. The van der Waals surface area contributed by atoms with Crippen LogP contribution in [-0.2, 0) is 0 Å². The smallest absolute Gasteiger partial charge is 0.286 e. The first-order valence-corrected chi connectivity index (χ1v) is 9.09. The van der Waals surface area contributed by atoms with E-state index in [0.717, 1.165) is 23.2 Å². The quantitative estimate of drug-likeness (QED) is 0.622. The van der Waals surface area contributed by atoms with Crippen molar-refractivity contribution in [2.45, 2.75) is 52.0 Å². The average Bonchev–Trinajstić information content (AvgIpc) is 2.51. The van der Waals surface area contributed by atoms with Crippen LogP contribution in [0.4, 0.5) is 4.79 Å². The maximum absolute atomic E-state index is 12.9. The van der Waals surface area contributed by atoms with E-state index in [1.165, 1.54) is 17.1 Å². The van der Waals surface area contributed by atoms with Gasteiger partial charge in [-0.05, 0) is 47.4 Å². The van der Waals surface area contributed by atoms with Gasteiger partial charge in [-0.15, -0.1) is 0 Å². The van der Waals surface area contributed by atoms with Crippen LogP contribution in [0, 0.1) is 5.41 Å². The number of rotatable bonds is 4. The van der Waals surface area contributed by atoms with Crippen LogP contribution in [0.5, 0.6) is 0 Å². The standard InChI is InChI=1S/C20H27NOS/c1-6-15(2)21(14-20(3,4)5)19(22)23-18-13-9-11-16-10-7-8-12-17(16)18/h7-13,15H,6,14H2,1-5H3. The minimum absolute atomic E-state index is 0.0956. The topological polar surface area (TPSA) is 20.3 Å². The third-order valence-electron chi connectivity index (χ3n) is 3.95. The third kappa shape index (κ3) is 4.74. The lowest BCUT2D eigenvalue weighted by Crippen LogP contribution is -2.41. The number of hydrogen-bond acceptors (Lipinski definition) is 2. The van der Waals surface area contributed by atoms with Gasteiger partial charge in [-0.1, -0.05) is 64.1 Å². The molecule has 0 N–H and O–H groups in total. The van der Waals surface area contributed by atoms with Crippen LogP contribution >= 0.6 is 11.8 Å². The first-order valence-electron chi connectivity index (χ1n) is 8.28. The van der Waals surface area contributed by atoms with E-state index < -0.39 is 0 Å². The minimum atomic E-state index is 0.0956. The molecular formula is C20H27NOS. The van der Waals surface area contributed by atoms with Crippen molar-refractivity contribution in [3.05, 3.63) is 42.5 Å². The molecule has 0 aliphatic heterocycles. The van der Waals surface area contributed by atoms with Crippen molar-refractivity contribution in [2.24, 2.45) is 5.41 Å². The summed E-state index contributed by atoms with van der Waals surface area (Å²) in [5.41, 5.74) is 0.0956. The van der Waals surface area contributed by atoms with Crippen molar-refractivity contribution in [3.8, 4) is 0 Å². The molecule has 0 aromatic heterocycles. The number of carbonyl (C=O) groups excluding carboxylic acids is 1. The van der Waals surface area contributed by atoms with Gasteiger partial charge in [0.2, 0.25) is 0 Å². The Morgan fingerprint density at radius 1 is 1.13 bits per heavy atom. The van der Waals surface area contributed by atoms with Gasteiger partial charge in [0, 0.05) is 17.5 Å². The number of fused-ring (bicyclic) bond motifs is 1. The Balaban J connectivity index is 2.26. The molecule has 0 spiro atoms. The average molecular weight is 330 g/mol. The summed E-state index contributed by atoms with van der Waals surface area (Å²) in [6, 6.07) is 14.6. The zero-order valence-electron chi connectivity index (χ0n) is 14.8. The van der Waals surface area contributed by atoms with Gasteiger partial charge in [-0.2, -0.15) is 0 Å². The Kier molecular flexibility index (Phi) is 5.74. The largest absolute Gasteiger partial charge is 0.330 e. The summed E-state index contributed by atoms with van der Waals surface area (Å²) in [7, 11) is 0. The summed E-state index contributed by atoms with van der Waals surface area (Å²) in [6.07, 6.45) is 0.970. The number of thioether (sulfide) groups is 1. The number of nitrogens with zero attached hydrogens (tertiary/aromatic N) is 1. The van der Waals surface area contributed by atoms with Crippen LogP contribution in [0.15, 0.2) is 47.4 Å². The lowest BCUT2D eigenvalue weighted by molar-refractivity contribution is 0.169. The zero-order valence-corrected chi connectivity index (χ0v) is 15.6. The summed E-state index contributed by atoms with van der Waals surface area (Å²) in [5, 5.41) is 2.47. The molecule has 1 atom stereocenters. The van der Waals surface area contributed by atoms with E-state index in [1.54, 1.807) is 0 Å². The molecule has 2 aromatic rings. The highest BCUT2D eigenvalue weighted by Crippen LogP contribution is 2.31. The molecular weight excluding hydrogens is 302 g/mol. The molecule has 0 saturated heterocycles. The summed E-state index contributed by atoms with van der Waals surface area (Å²) in [5.74, 6) is 0. The molecule has 0 radical (unpaired) electrons. The van der Waals surface area contributed by atoms with E-state index >= 15 is 0 Å². The highest BCUT2D eigenvalue weighted by molar-refractivity contribution is 8.13. The molecule has 1 amide bonds. The van der Waals surface area contributed by atoms with Gasteiger partial charge in [0.05, 0.1) is 0 Å². The van der Waals surface area contributed by atoms with Crippen molar-refractivity contribution < 1.29 is 4.79 Å². The Labute approximate surface area is 144 Å². The number of hydrogen-bond donors (Lipinski definition) is 0. The summed E-state index contributed by atoms with van der Waals surface area (Å²) in [6.45, 7) is 11.6. The van der Waals surface area contributed by atoms with Crippen LogP contribution in [0.3, 0.4) is 0 Å². The van der Waals surface area contributed by atoms with Crippen molar-refractivity contribution in [1.29, 1.82) is 0 Å². The second-order valence-corrected chi connectivity index (χ2v) is 8.28. The van der Waals surface area contributed by atoms with Crippen molar-refractivity contribution >= 4 is 27.8 Å². The summed E-state index contributed by atoms with van der Waals surface area (Å²) in [4.78, 5) is 16.0. The fourth-order valence-electron chi connectivity index (χ4n) is 2.57. The molecule has 1 unspecified atom stereocenters. The van der Waals surface area contributed by atoms with Gasteiger partial charge < -0.3 is 4.90 Å². The monoisotopic (exact) mass is 329 g/mol. The van der Waals surface area contributed by atoms with E-state index in [0.29, 0.717) is 0 Å². The molecule has 2 nitrogen and oxygen atoms in total. The maximum Gasteiger partial charge on any atom is 0.286 e. The maximum atomic E-state index is 12.9. The van der Waals surface area contributed by atoms with E-state index in [1.807, 2.05) is 29.2 Å². The van der Waals surface area contributed by atoms with Gasteiger partial charge >= 0.3 is 0 Å². The van der Waals surface area contributed by atoms with Crippen LogP contribution < -0.4 is 0 Å². The normalized spacial score (nSPS) is 13.1. The molecule has 3 heteroatoms. The summed E-state index contributed by atoms with van der Waals surface area (Å²) < 4.78 is 0. The van der Waals surface area contributed by atoms with E-state index in [9.17, 15) is 4.79 Å². The van der Waals surface area contributed by atoms with Crippen LogP contribution in [-0.4, -0.2) is 22.7 Å². The molecule has 0 aliphatic rings. The first kappa shape index (κ1) is 17.9. The fraction of sp³-hybridized carbons (Fsp3) is 0.450. The molecule has 2 rings (SSSR count). The number of carbonyl (C=O) groups is 1. The molecule has 0 aliphatic carbocycles. The lowest BCUT2D eigenvalue weighted by Gasteiger charge is -2.34. The Morgan fingerprint density at radius 2 is 1.78 bits per heavy atom. The van der Waals surface area contributed by atoms with Crippen molar-refractivity contribution in [2.75, 3.05) is 6.54 Å². The second-order valence-electron chi connectivity index (χ2n) is 7.29. The molecule has 0 fully saturated rings. The van der Waals surface area contributed by atoms with Crippen LogP contribution in [0.1, 0.15) is 41.0 Å². The predicted octanol–water partition coefficient (Wildman–Crippen LogP) is 6.20. The van der Waals surface area contributed by atoms with Gasteiger partial charge in [0.1, 0.15) is 0 Å². The molecule has 0 bridgehead atoms. The van der Waals surface area contributed by atoms with Crippen molar-refractivity contribution in [3.63, 3.8) is 0 Å². The third-order valence-corrected chi connectivity index (χ3v) is 4.93. The number of benzene rings is 2. The Morgan fingerprint density at radius 3 is 2.43 bits per heavy atom. The minimum Gasteiger partial charge on any atom is -0.330 e. The Hall–Kier alpha value is -1.48. The molecule has 23 heavy (non-hydrogen) atoms. The van der Waals surface area contributed by atoms with Gasteiger partial charge in [0.25, 0.3) is 5.24 Å². The molecule has 2 aromatic carbocycles. The predicted molar refractivity (Wildman–Crippen MR) is 101 cm³/mol. The summed E-state index contributed by atoms with van der Waals surface area (Å²) >= 11 is 1.35. The van der Waals surface area contributed by atoms with Crippen LogP contribution in [0.2, 0.25) is 0 Å². The van der Waals surface area contributed by atoms with Gasteiger partial charge in [0.15, 0.2) is 0 Å². The van der Waals surface area contributed by atoms with Crippen LogP contribution in [0.25, 0.3) is 10.8 Å². The van der Waals surface area contributed by atoms with Gasteiger partial charge in [-0.25, -0.2) is 0 Å². The first-order chi connectivity index (χ1) is 10.8. The van der Waals surface area contributed by atoms with E-state index in [2.05, 4.69) is 52.8 Å². The molecule has 124 valence electrons. The molecule has 0 heterocycles. The van der Waals surface area contributed by atoms with E-state index in [4.69, 9.17) is 0 Å². The van der Waals surface area contributed by atoms with E-state index in [-0.39, 0.29) is 16.7 Å². The lowest BCUT2D eigenvalue weighted by atomic mass is 9.95. The fourth-order valence-corrected chi connectivity index (χ4v) is 3.56. The second kappa shape index (κ2) is 7.39. The SMILES string of the molecule is CCC(C)N(CC(C)(C)C)C(=O)Sc1cccc2ccccc12. The zero-order chi connectivity index (χ0) is 17.0. The molecule has 0 saturated carbocycles. The van der Waals surface area contributed by atoms with Gasteiger partial charge in [-0.3, -0.25) is 4.79 Å². The number of amides is 1.